The number of carbonyl (C=O) groups excluding carboxylic acids is 2. The second kappa shape index (κ2) is 16.0. The van der Waals surface area contributed by atoms with Crippen LogP contribution in [0.1, 0.15) is 74.7 Å². The van der Waals surface area contributed by atoms with Crippen molar-refractivity contribution in [1.29, 1.82) is 0 Å². The molecule has 0 aromatic carbocycles. The van der Waals surface area contributed by atoms with Crippen molar-refractivity contribution >= 4 is 36.9 Å². The molecule has 1 aliphatic rings. The molecule has 2 aromatic heterocycles. The maximum absolute atomic E-state index is 13.2. The van der Waals surface area contributed by atoms with Crippen LogP contribution in [0.5, 0.6) is 5.88 Å². The van der Waals surface area contributed by atoms with E-state index in [1.165, 1.54) is 30.1 Å². The Morgan fingerprint density at radius 1 is 1.07 bits per heavy atom. The average Bonchev–Trinajstić information content (AvgIpc) is 3.36. The van der Waals surface area contributed by atoms with Gasteiger partial charge in [0.2, 0.25) is 17.5 Å². The second-order valence-electron chi connectivity index (χ2n) is 12.1. The highest BCUT2D eigenvalue weighted by Crippen LogP contribution is 2.49. The lowest BCUT2D eigenvalue weighted by Crippen LogP contribution is -2.44. The molecule has 1 saturated heterocycles. The second-order valence-corrected chi connectivity index (χ2v) is 13.9. The van der Waals surface area contributed by atoms with Crippen molar-refractivity contribution in [2.24, 2.45) is 0 Å². The zero-order chi connectivity index (χ0) is 34.1. The Morgan fingerprint density at radius 2 is 1.70 bits per heavy atom. The van der Waals surface area contributed by atoms with Gasteiger partial charge in [0.05, 0.1) is 20.3 Å². The van der Waals surface area contributed by atoms with Gasteiger partial charge < -0.3 is 37.6 Å². The Bertz CT molecular complexity index is 1360. The van der Waals surface area contributed by atoms with Gasteiger partial charge in [-0.2, -0.15) is 14.7 Å². The molecule has 0 unspecified atom stereocenters. The van der Waals surface area contributed by atoms with Crippen LogP contribution in [-0.4, -0.2) is 89.0 Å². The van der Waals surface area contributed by atoms with Crippen molar-refractivity contribution in [2.75, 3.05) is 38.4 Å². The van der Waals surface area contributed by atoms with Gasteiger partial charge in [0.25, 0.3) is 0 Å². The summed E-state index contributed by atoms with van der Waals surface area (Å²) in [6, 6.07) is 0. The third-order valence-electron chi connectivity index (χ3n) is 5.81. The van der Waals surface area contributed by atoms with Crippen molar-refractivity contribution in [1.82, 2.24) is 19.7 Å². The lowest BCUT2D eigenvalue weighted by Gasteiger charge is -2.27. The quantitative estimate of drug-likeness (QED) is 0.240. The summed E-state index contributed by atoms with van der Waals surface area (Å²) >= 11 is 0. The molecule has 3 rings (SSSR count). The van der Waals surface area contributed by atoms with E-state index in [1.54, 1.807) is 55.4 Å². The minimum Gasteiger partial charge on any atom is -0.479 e. The molecule has 17 heteroatoms. The van der Waals surface area contributed by atoms with E-state index in [0.717, 1.165) is 12.8 Å². The Hall–Kier alpha value is -3.30. The number of hydrogen-bond donors (Lipinski definition) is 0. The van der Waals surface area contributed by atoms with Crippen molar-refractivity contribution in [3.63, 3.8) is 0 Å². The molecule has 0 bridgehead atoms. The summed E-state index contributed by atoms with van der Waals surface area (Å²) in [5.74, 6) is 0.902. The molecular weight excluding hydrogens is 625 g/mol. The molecule has 2 atom stereocenters. The van der Waals surface area contributed by atoms with E-state index < -0.39 is 49.3 Å². The standard InChI is InChI=1S/C29H46N5O11P/c1-10-41-46(37,42-11-2)17-15-20(43-21-14-12-13-16-39-21)18-40-33-19-30-22-23(33)31-25(32-24(22)38-9)34(26(35)44-28(3,4)5)27(36)45-29(6,7)8/h15,17,19-21H,10-14,16,18H2,1-9H3/t20-,21+/m0/s1. The van der Waals surface area contributed by atoms with Gasteiger partial charge in [-0.05, 0) is 80.7 Å². The molecule has 0 saturated carbocycles. The first-order chi connectivity index (χ1) is 21.6. The van der Waals surface area contributed by atoms with E-state index in [2.05, 4.69) is 15.0 Å². The van der Waals surface area contributed by atoms with E-state index in [1.807, 2.05) is 0 Å². The number of methoxy groups -OCH3 is 1. The number of amides is 2. The maximum atomic E-state index is 13.2. The molecule has 2 aromatic rings. The van der Waals surface area contributed by atoms with Crippen LogP contribution in [0, 0.1) is 0 Å². The molecule has 46 heavy (non-hydrogen) atoms. The molecule has 3 heterocycles. The Morgan fingerprint density at radius 3 is 2.22 bits per heavy atom. The molecule has 258 valence electrons. The van der Waals surface area contributed by atoms with Crippen LogP contribution in [0.25, 0.3) is 11.2 Å². The molecule has 2 amide bonds. The van der Waals surface area contributed by atoms with Gasteiger partial charge in [-0.15, -0.1) is 4.90 Å². The SMILES string of the molecule is CCOP(=O)(C=C[C@@H](COn1cnc2c(OC)nc(N(C(=O)OC(C)(C)C)C(=O)OC(C)(C)C)nc21)O[C@@H]1CCCCO1)OCC. The number of ether oxygens (including phenoxy) is 5. The number of imidazole rings is 1. The number of carbonyl (C=O) groups is 2. The molecule has 0 radical (unpaired) electrons. The highest BCUT2D eigenvalue weighted by atomic mass is 31.2. The highest BCUT2D eigenvalue weighted by molar-refractivity contribution is 7.57. The van der Waals surface area contributed by atoms with E-state index in [0.29, 0.717) is 17.9 Å². The van der Waals surface area contributed by atoms with Crippen LogP contribution in [0.2, 0.25) is 0 Å². The van der Waals surface area contributed by atoms with Gasteiger partial charge >= 0.3 is 19.8 Å². The lowest BCUT2D eigenvalue weighted by molar-refractivity contribution is -0.187. The van der Waals surface area contributed by atoms with Crippen molar-refractivity contribution in [3.05, 3.63) is 18.2 Å². The summed E-state index contributed by atoms with van der Waals surface area (Å²) < 4.78 is 53.2. The first-order valence-corrected chi connectivity index (χ1v) is 16.7. The number of nitrogens with zero attached hydrogens (tertiary/aromatic N) is 5. The average molecular weight is 672 g/mol. The van der Waals surface area contributed by atoms with Crippen LogP contribution in [0.4, 0.5) is 15.5 Å². The molecular formula is C29H46N5O11P. The molecule has 1 aliphatic heterocycles. The maximum Gasteiger partial charge on any atom is 0.427 e. The van der Waals surface area contributed by atoms with Crippen molar-refractivity contribution in [3.8, 4) is 5.88 Å². The summed E-state index contributed by atoms with van der Waals surface area (Å²) in [4.78, 5) is 46.0. The third kappa shape index (κ3) is 10.9. The molecule has 0 spiro atoms. The fourth-order valence-corrected chi connectivity index (χ4v) is 5.39. The first-order valence-electron chi connectivity index (χ1n) is 15.1. The molecule has 16 nitrogen and oxygen atoms in total. The summed E-state index contributed by atoms with van der Waals surface area (Å²) in [5.41, 5.74) is -1.66. The van der Waals surface area contributed by atoms with Crippen molar-refractivity contribution < 1.29 is 51.7 Å². The minimum absolute atomic E-state index is 0.0443. The number of imide groups is 1. The number of hydrogen-bond acceptors (Lipinski definition) is 14. The van der Waals surface area contributed by atoms with Crippen LogP contribution in [-0.2, 0) is 32.6 Å². The fraction of sp³-hybridized carbons (Fsp3) is 0.690. The van der Waals surface area contributed by atoms with Gasteiger partial charge in [-0.25, -0.2) is 14.6 Å². The van der Waals surface area contributed by atoms with Gasteiger partial charge in [-0.1, -0.05) is 0 Å². The zero-order valence-corrected chi connectivity index (χ0v) is 28.9. The topological polar surface area (TPSA) is 172 Å². The normalized spacial score (nSPS) is 16.8. The number of rotatable bonds is 13. The van der Waals surface area contributed by atoms with Gasteiger partial charge in [-0.3, -0.25) is 4.57 Å². The fourth-order valence-electron chi connectivity index (χ4n) is 4.03. The monoisotopic (exact) mass is 671 g/mol. The first kappa shape index (κ1) is 37.2. The lowest BCUT2D eigenvalue weighted by atomic mass is 10.2. The Labute approximate surface area is 269 Å². The smallest absolute Gasteiger partial charge is 0.427 e. The van der Waals surface area contributed by atoms with E-state index in [-0.39, 0.29) is 36.9 Å². The zero-order valence-electron chi connectivity index (χ0n) is 28.0. The molecule has 0 aliphatic carbocycles. The molecule has 1 fully saturated rings. The van der Waals surface area contributed by atoms with Gasteiger partial charge in [0, 0.05) is 12.4 Å². The van der Waals surface area contributed by atoms with E-state index in [4.69, 9.17) is 37.6 Å². The Balaban J connectivity index is 1.99. The molecule has 0 N–H and O–H groups in total. The summed E-state index contributed by atoms with van der Waals surface area (Å²) in [7, 11) is -2.18. The minimum atomic E-state index is -3.53. The van der Waals surface area contributed by atoms with Crippen LogP contribution in [0.15, 0.2) is 18.2 Å². The predicted octanol–water partition coefficient (Wildman–Crippen LogP) is 5.63. The third-order valence-corrected chi connectivity index (χ3v) is 7.58. The summed E-state index contributed by atoms with van der Waals surface area (Å²) in [6.07, 6.45) is 1.99. The van der Waals surface area contributed by atoms with Gasteiger partial charge in [0.15, 0.2) is 11.8 Å². The highest BCUT2D eigenvalue weighted by Gasteiger charge is 2.36. The predicted molar refractivity (Wildman–Crippen MR) is 167 cm³/mol. The Kier molecular flexibility index (Phi) is 12.9. The van der Waals surface area contributed by atoms with E-state index in [9.17, 15) is 14.2 Å². The number of fused-ring (bicyclic) bond motifs is 1. The van der Waals surface area contributed by atoms with Crippen molar-refractivity contribution in [2.45, 2.75) is 98.2 Å². The van der Waals surface area contributed by atoms with Crippen LogP contribution >= 0.6 is 7.60 Å². The summed E-state index contributed by atoms with van der Waals surface area (Å²) in [6.45, 7) is 14.1. The largest absolute Gasteiger partial charge is 0.479 e. The van der Waals surface area contributed by atoms with Gasteiger partial charge in [0.1, 0.15) is 30.2 Å². The van der Waals surface area contributed by atoms with Crippen LogP contribution < -0.4 is 14.5 Å². The van der Waals surface area contributed by atoms with Crippen LogP contribution in [0.3, 0.4) is 0 Å². The number of anilines is 1. The number of aromatic nitrogens is 4. The van der Waals surface area contributed by atoms with E-state index >= 15 is 0 Å². The summed E-state index contributed by atoms with van der Waals surface area (Å²) in [5, 5.41) is 0.